The fraction of sp³-hybridized carbons (Fsp3) is 0.0952. The van der Waals surface area contributed by atoms with Gasteiger partial charge in [0.2, 0.25) is 0 Å². The fourth-order valence-electron chi connectivity index (χ4n) is 3.19. The molecule has 0 radical (unpaired) electrons. The number of ketones is 1. The molecule has 1 heterocycles. The van der Waals surface area contributed by atoms with Crippen molar-refractivity contribution in [2.24, 2.45) is 0 Å². The summed E-state index contributed by atoms with van der Waals surface area (Å²) >= 11 is 1.67. The number of para-hydroxylation sites is 2. The standard InChI is InChI=1S/C21H16BrNO3S/c22-16-8-6-7-15(13-16)20-14-21(24)18-11-4-5-12-19(18)23(20)27(25)26-17-9-2-1-3-10-17/h1-13,20H,14H2/t20-,27+/m1/s1. The van der Waals surface area contributed by atoms with Crippen LogP contribution in [-0.4, -0.2) is 9.99 Å². The van der Waals surface area contributed by atoms with Gasteiger partial charge < -0.3 is 4.18 Å². The highest BCUT2D eigenvalue weighted by atomic mass is 79.9. The first-order valence-electron chi connectivity index (χ1n) is 8.45. The molecule has 0 unspecified atom stereocenters. The predicted molar refractivity (Wildman–Crippen MR) is 110 cm³/mol. The number of carbonyl (C=O) groups is 1. The van der Waals surface area contributed by atoms with Gasteiger partial charge >= 0.3 is 11.3 Å². The third-order valence-corrected chi connectivity index (χ3v) is 6.01. The van der Waals surface area contributed by atoms with E-state index in [4.69, 9.17) is 4.18 Å². The Morgan fingerprint density at radius 3 is 2.48 bits per heavy atom. The van der Waals surface area contributed by atoms with Crippen LogP contribution in [0, 0.1) is 0 Å². The summed E-state index contributed by atoms with van der Waals surface area (Å²) in [5.41, 5.74) is 2.08. The predicted octanol–water partition coefficient (Wildman–Crippen LogP) is 5.24. The van der Waals surface area contributed by atoms with E-state index in [1.54, 1.807) is 22.5 Å². The number of carbonyl (C=O) groups excluding carboxylic acids is 1. The van der Waals surface area contributed by atoms with E-state index >= 15 is 0 Å². The first-order valence-corrected chi connectivity index (χ1v) is 10.3. The average molecular weight is 442 g/mol. The number of nitrogens with zero attached hydrogens (tertiary/aromatic N) is 1. The van der Waals surface area contributed by atoms with Crippen molar-refractivity contribution in [3.8, 4) is 5.75 Å². The summed E-state index contributed by atoms with van der Waals surface area (Å²) in [5.74, 6) is 0.543. The van der Waals surface area contributed by atoms with Crippen LogP contribution in [0.3, 0.4) is 0 Å². The maximum Gasteiger partial charge on any atom is 0.319 e. The number of halogens is 1. The molecular formula is C21H16BrNO3S. The van der Waals surface area contributed by atoms with Gasteiger partial charge in [-0.15, -0.1) is 0 Å². The molecule has 27 heavy (non-hydrogen) atoms. The Bertz CT molecular complexity index is 1010. The highest BCUT2D eigenvalue weighted by molar-refractivity contribution is 9.10. The Labute approximate surface area is 168 Å². The van der Waals surface area contributed by atoms with Crippen molar-refractivity contribution in [3.63, 3.8) is 0 Å². The molecule has 1 aliphatic rings. The summed E-state index contributed by atoms with van der Waals surface area (Å²) < 4.78 is 21.5. The molecule has 0 amide bonds. The molecule has 4 rings (SSSR count). The number of rotatable bonds is 4. The summed E-state index contributed by atoms with van der Waals surface area (Å²) in [6.07, 6.45) is 0.233. The Morgan fingerprint density at radius 1 is 0.963 bits per heavy atom. The second-order valence-corrected chi connectivity index (χ2v) is 8.06. The van der Waals surface area contributed by atoms with E-state index in [-0.39, 0.29) is 18.2 Å². The van der Waals surface area contributed by atoms with Gasteiger partial charge in [-0.25, -0.2) is 0 Å². The summed E-state index contributed by atoms with van der Waals surface area (Å²) in [6.45, 7) is 0. The van der Waals surface area contributed by atoms with Gasteiger partial charge in [-0.3, -0.25) is 9.10 Å². The minimum absolute atomic E-state index is 0.0311. The number of hydrogen-bond acceptors (Lipinski definition) is 3. The average Bonchev–Trinajstić information content (AvgIpc) is 2.68. The van der Waals surface area contributed by atoms with Crippen LogP contribution < -0.4 is 8.49 Å². The zero-order valence-corrected chi connectivity index (χ0v) is 16.7. The Kier molecular flexibility index (Phi) is 5.09. The first kappa shape index (κ1) is 17.9. The molecule has 0 aromatic heterocycles. The van der Waals surface area contributed by atoms with Crippen LogP contribution in [0.25, 0.3) is 0 Å². The SMILES string of the molecule is O=C1C[C@H](c2cccc(Br)c2)N([S@@](=O)Oc2ccccc2)c2ccccc21. The molecule has 0 fully saturated rings. The van der Waals surface area contributed by atoms with Crippen LogP contribution in [0.1, 0.15) is 28.4 Å². The lowest BCUT2D eigenvalue weighted by Crippen LogP contribution is -2.38. The summed E-state index contributed by atoms with van der Waals surface area (Å²) in [6, 6.07) is 23.6. The molecule has 3 aromatic rings. The molecular weight excluding hydrogens is 426 g/mol. The number of fused-ring (bicyclic) bond motifs is 1. The second kappa shape index (κ2) is 7.66. The molecule has 0 saturated heterocycles. The van der Waals surface area contributed by atoms with Crippen LogP contribution in [0.15, 0.2) is 83.3 Å². The highest BCUT2D eigenvalue weighted by Crippen LogP contribution is 2.40. The van der Waals surface area contributed by atoms with E-state index in [9.17, 15) is 9.00 Å². The van der Waals surface area contributed by atoms with Gasteiger partial charge in [0.1, 0.15) is 5.75 Å². The van der Waals surface area contributed by atoms with Gasteiger partial charge in [0, 0.05) is 16.5 Å². The minimum Gasteiger partial charge on any atom is -0.385 e. The zero-order valence-electron chi connectivity index (χ0n) is 14.2. The van der Waals surface area contributed by atoms with Crippen LogP contribution in [-0.2, 0) is 11.3 Å². The monoisotopic (exact) mass is 441 g/mol. The lowest BCUT2D eigenvalue weighted by molar-refractivity contribution is 0.0969. The maximum atomic E-state index is 13.2. The Morgan fingerprint density at radius 2 is 1.70 bits per heavy atom. The molecule has 2 atom stereocenters. The van der Waals surface area contributed by atoms with Gasteiger partial charge in [0.25, 0.3) is 0 Å². The van der Waals surface area contributed by atoms with E-state index in [0.717, 1.165) is 10.0 Å². The number of anilines is 1. The Balaban J connectivity index is 1.78. The van der Waals surface area contributed by atoms with Crippen molar-refractivity contribution in [3.05, 3.63) is 94.5 Å². The number of benzene rings is 3. The summed E-state index contributed by atoms with van der Waals surface area (Å²) in [5, 5.41) is 0. The molecule has 0 saturated carbocycles. The molecule has 0 aliphatic carbocycles. The minimum atomic E-state index is -1.81. The van der Waals surface area contributed by atoms with Crippen LogP contribution in [0.4, 0.5) is 5.69 Å². The third-order valence-electron chi connectivity index (χ3n) is 4.41. The van der Waals surface area contributed by atoms with Crippen LogP contribution >= 0.6 is 15.9 Å². The van der Waals surface area contributed by atoms with Gasteiger partial charge in [0.15, 0.2) is 5.78 Å². The van der Waals surface area contributed by atoms with E-state index in [1.165, 1.54) is 0 Å². The molecule has 0 N–H and O–H groups in total. The maximum absolute atomic E-state index is 13.2. The van der Waals surface area contributed by atoms with Crippen molar-refractivity contribution in [2.45, 2.75) is 12.5 Å². The third kappa shape index (κ3) is 3.68. The molecule has 3 aromatic carbocycles. The lowest BCUT2D eigenvalue weighted by atomic mass is 9.92. The van der Waals surface area contributed by atoms with Crippen LogP contribution in [0.5, 0.6) is 5.75 Å². The van der Waals surface area contributed by atoms with E-state index in [2.05, 4.69) is 15.9 Å². The summed E-state index contributed by atoms with van der Waals surface area (Å²) in [4.78, 5) is 12.7. The highest BCUT2D eigenvalue weighted by Gasteiger charge is 2.36. The van der Waals surface area contributed by atoms with Gasteiger partial charge in [-0.1, -0.05) is 58.4 Å². The summed E-state index contributed by atoms with van der Waals surface area (Å²) in [7, 11) is 0. The van der Waals surface area contributed by atoms with Crippen molar-refractivity contribution in [1.29, 1.82) is 0 Å². The number of hydrogen-bond donors (Lipinski definition) is 0. The smallest absolute Gasteiger partial charge is 0.319 e. The van der Waals surface area contributed by atoms with Crippen molar-refractivity contribution in [2.75, 3.05) is 4.31 Å². The van der Waals surface area contributed by atoms with Crippen LogP contribution in [0.2, 0.25) is 0 Å². The van der Waals surface area contributed by atoms with Crippen molar-refractivity contribution < 1.29 is 13.2 Å². The van der Waals surface area contributed by atoms with E-state index in [0.29, 0.717) is 17.0 Å². The number of Topliss-reactive ketones (excluding diaryl/α,β-unsaturated/α-hetero) is 1. The van der Waals surface area contributed by atoms with Gasteiger partial charge in [-0.05, 0) is 42.0 Å². The van der Waals surface area contributed by atoms with Gasteiger partial charge in [0.05, 0.1) is 11.7 Å². The largest absolute Gasteiger partial charge is 0.385 e. The Hall–Kier alpha value is -2.44. The fourth-order valence-corrected chi connectivity index (χ4v) is 4.68. The molecule has 1 aliphatic heterocycles. The molecule has 4 nitrogen and oxygen atoms in total. The van der Waals surface area contributed by atoms with E-state index in [1.807, 2.05) is 60.7 Å². The van der Waals surface area contributed by atoms with Crippen molar-refractivity contribution >= 4 is 38.7 Å². The zero-order chi connectivity index (χ0) is 18.8. The molecule has 6 heteroatoms. The second-order valence-electron chi connectivity index (χ2n) is 6.15. The first-order chi connectivity index (χ1) is 13.1. The topological polar surface area (TPSA) is 46.6 Å². The van der Waals surface area contributed by atoms with Gasteiger partial charge in [-0.2, -0.15) is 4.21 Å². The molecule has 136 valence electrons. The molecule has 0 spiro atoms. The quantitative estimate of drug-likeness (QED) is 0.555. The lowest BCUT2D eigenvalue weighted by Gasteiger charge is -2.36. The van der Waals surface area contributed by atoms with E-state index < -0.39 is 11.3 Å². The normalized spacial score (nSPS) is 17.3. The van der Waals surface area contributed by atoms with Crippen molar-refractivity contribution in [1.82, 2.24) is 0 Å². The molecule has 0 bridgehead atoms.